The molecule has 0 aliphatic carbocycles. The van der Waals surface area contributed by atoms with Crippen LogP contribution in [0.4, 0.5) is 11.5 Å². The number of benzene rings is 1. The van der Waals surface area contributed by atoms with Crippen molar-refractivity contribution < 1.29 is 0 Å². The molecule has 0 saturated heterocycles. The van der Waals surface area contributed by atoms with Crippen LogP contribution in [0.15, 0.2) is 66.4 Å². The minimum Gasteiger partial charge on any atom is -0.385 e. The lowest BCUT2D eigenvalue weighted by Gasteiger charge is -2.10. The van der Waals surface area contributed by atoms with Crippen LogP contribution in [0.1, 0.15) is 19.4 Å². The average Bonchev–Trinajstić information content (AvgIpc) is 3.18. The van der Waals surface area contributed by atoms with Crippen molar-refractivity contribution in [3.05, 3.63) is 66.9 Å². The molecule has 0 spiro atoms. The Labute approximate surface area is 168 Å². The molecule has 4 rings (SSSR count). The van der Waals surface area contributed by atoms with Crippen molar-refractivity contribution >= 4 is 28.8 Å². The third kappa shape index (κ3) is 4.37. The first-order valence-corrected chi connectivity index (χ1v) is 9.43. The number of rotatable bonds is 7. The molecule has 2 N–H and O–H groups in total. The maximum absolute atomic E-state index is 4.52. The summed E-state index contributed by atoms with van der Waals surface area (Å²) in [5, 5.41) is 13.0. The second-order valence-corrected chi connectivity index (χ2v) is 6.99. The van der Waals surface area contributed by atoms with Gasteiger partial charge in [0.25, 0.3) is 0 Å². The van der Waals surface area contributed by atoms with E-state index in [9.17, 15) is 0 Å². The number of fused-ring (bicyclic) bond motifs is 1. The highest BCUT2D eigenvalue weighted by atomic mass is 15.3. The zero-order chi connectivity index (χ0) is 20.1. The molecule has 29 heavy (non-hydrogen) atoms. The van der Waals surface area contributed by atoms with E-state index in [2.05, 4.69) is 55.8 Å². The van der Waals surface area contributed by atoms with Crippen molar-refractivity contribution in [3.63, 3.8) is 0 Å². The maximum Gasteiger partial charge on any atom is 0.168 e. The first-order valence-electron chi connectivity index (χ1n) is 9.43. The van der Waals surface area contributed by atoms with E-state index in [1.54, 1.807) is 29.5 Å². The largest absolute Gasteiger partial charge is 0.385 e. The van der Waals surface area contributed by atoms with Crippen LogP contribution in [0.3, 0.4) is 0 Å². The van der Waals surface area contributed by atoms with Crippen LogP contribution in [0.5, 0.6) is 0 Å². The van der Waals surface area contributed by atoms with Crippen LogP contribution >= 0.6 is 0 Å². The third-order valence-electron chi connectivity index (χ3n) is 4.26. The Morgan fingerprint density at radius 3 is 2.83 bits per heavy atom. The van der Waals surface area contributed by atoms with E-state index in [-0.39, 0.29) is 0 Å². The number of anilines is 2. The van der Waals surface area contributed by atoms with Crippen molar-refractivity contribution in [2.24, 2.45) is 11.0 Å². The second-order valence-electron chi connectivity index (χ2n) is 6.99. The minimum absolute atomic E-state index is 0.568. The number of hydrazone groups is 1. The summed E-state index contributed by atoms with van der Waals surface area (Å²) < 4.78 is 1.80. The van der Waals surface area contributed by atoms with Gasteiger partial charge in [-0.1, -0.05) is 19.9 Å². The zero-order valence-corrected chi connectivity index (χ0v) is 16.3. The maximum atomic E-state index is 4.52. The Kier molecular flexibility index (Phi) is 5.42. The topological polar surface area (TPSA) is 92.9 Å². The molecule has 3 aromatic heterocycles. The molecule has 8 nitrogen and oxygen atoms in total. The summed E-state index contributed by atoms with van der Waals surface area (Å²) in [6.07, 6.45) is 8.40. The van der Waals surface area contributed by atoms with Crippen molar-refractivity contribution in [1.82, 2.24) is 24.7 Å². The molecule has 0 fully saturated rings. The highest BCUT2D eigenvalue weighted by Gasteiger charge is 2.11. The lowest BCUT2D eigenvalue weighted by atomic mass is 10.2. The zero-order valence-electron chi connectivity index (χ0n) is 16.3. The lowest BCUT2D eigenvalue weighted by Crippen LogP contribution is -2.08. The normalized spacial score (nSPS) is 11.4. The SMILES string of the molecule is CC(C)CNc1cccc(-n2ncc3c(NN=Cc4ccncc4)ncnc32)c1. The van der Waals surface area contributed by atoms with E-state index in [1.165, 1.54) is 6.33 Å². The summed E-state index contributed by atoms with van der Waals surface area (Å²) in [5.41, 5.74) is 6.61. The number of hydrogen-bond acceptors (Lipinski definition) is 7. The van der Waals surface area contributed by atoms with Gasteiger partial charge in [0.05, 0.1) is 23.5 Å². The fraction of sp³-hybridized carbons (Fsp3) is 0.190. The quantitative estimate of drug-likeness (QED) is 0.371. The van der Waals surface area contributed by atoms with Gasteiger partial charge in [-0.15, -0.1) is 0 Å². The van der Waals surface area contributed by atoms with Crippen LogP contribution in [0, 0.1) is 5.92 Å². The molecule has 3 heterocycles. The molecule has 0 saturated carbocycles. The molecule has 0 unspecified atom stereocenters. The monoisotopic (exact) mass is 386 g/mol. The van der Waals surface area contributed by atoms with E-state index >= 15 is 0 Å². The molecule has 0 aliphatic rings. The first-order chi connectivity index (χ1) is 14.2. The van der Waals surface area contributed by atoms with Gasteiger partial charge in [-0.25, -0.2) is 14.6 Å². The lowest BCUT2D eigenvalue weighted by molar-refractivity contribution is 0.689. The van der Waals surface area contributed by atoms with E-state index in [4.69, 9.17) is 0 Å². The second kappa shape index (κ2) is 8.47. The summed E-state index contributed by atoms with van der Waals surface area (Å²) >= 11 is 0. The standard InChI is InChI=1S/C21H22N8/c1-15(2)11-23-17-4-3-5-18(10-17)29-21-19(13-27-29)20(24-14-25-21)28-26-12-16-6-8-22-9-7-16/h3-10,12-15,23H,11H2,1-2H3,(H,24,25,28). The molecular formula is C21H22N8. The van der Waals surface area contributed by atoms with Crippen molar-refractivity contribution in [2.75, 3.05) is 17.3 Å². The molecule has 0 bridgehead atoms. The number of nitrogens with zero attached hydrogens (tertiary/aromatic N) is 6. The third-order valence-corrected chi connectivity index (χ3v) is 4.26. The molecule has 0 amide bonds. The van der Waals surface area contributed by atoms with E-state index in [0.717, 1.165) is 28.9 Å². The molecule has 0 atom stereocenters. The molecular weight excluding hydrogens is 364 g/mol. The molecule has 4 aromatic rings. The van der Waals surface area contributed by atoms with E-state index in [1.807, 2.05) is 30.3 Å². The predicted octanol–water partition coefficient (Wildman–Crippen LogP) is 3.72. The van der Waals surface area contributed by atoms with Crippen molar-refractivity contribution in [2.45, 2.75) is 13.8 Å². The minimum atomic E-state index is 0.568. The van der Waals surface area contributed by atoms with E-state index < -0.39 is 0 Å². The van der Waals surface area contributed by atoms with Gasteiger partial charge in [0.2, 0.25) is 0 Å². The van der Waals surface area contributed by atoms with Crippen LogP contribution in [-0.4, -0.2) is 37.5 Å². The summed E-state index contributed by atoms with van der Waals surface area (Å²) in [7, 11) is 0. The van der Waals surface area contributed by atoms with Gasteiger partial charge in [0.1, 0.15) is 6.33 Å². The Balaban J connectivity index is 1.59. The summed E-state index contributed by atoms with van der Waals surface area (Å²) in [6, 6.07) is 11.9. The molecule has 0 aliphatic heterocycles. The van der Waals surface area contributed by atoms with Gasteiger partial charge >= 0.3 is 0 Å². The van der Waals surface area contributed by atoms with Gasteiger partial charge in [-0.05, 0) is 41.8 Å². The molecule has 146 valence electrons. The van der Waals surface area contributed by atoms with Gasteiger partial charge in [0.15, 0.2) is 11.5 Å². The Hall–Kier alpha value is -3.81. The smallest absolute Gasteiger partial charge is 0.168 e. The van der Waals surface area contributed by atoms with Crippen LogP contribution < -0.4 is 10.7 Å². The fourth-order valence-electron chi connectivity index (χ4n) is 2.81. The summed E-state index contributed by atoms with van der Waals surface area (Å²) in [4.78, 5) is 12.7. The first kappa shape index (κ1) is 18.5. The van der Waals surface area contributed by atoms with Gasteiger partial charge in [0, 0.05) is 24.6 Å². The average molecular weight is 386 g/mol. The Morgan fingerprint density at radius 2 is 2.00 bits per heavy atom. The highest BCUT2D eigenvalue weighted by Crippen LogP contribution is 2.23. The van der Waals surface area contributed by atoms with Crippen LogP contribution in [0.25, 0.3) is 16.7 Å². The predicted molar refractivity (Wildman–Crippen MR) is 115 cm³/mol. The van der Waals surface area contributed by atoms with Crippen molar-refractivity contribution in [1.29, 1.82) is 0 Å². The summed E-state index contributed by atoms with van der Waals surface area (Å²) in [6.45, 7) is 5.27. The van der Waals surface area contributed by atoms with Crippen molar-refractivity contribution in [3.8, 4) is 5.69 Å². The highest BCUT2D eigenvalue weighted by molar-refractivity contribution is 5.88. The number of nitrogens with one attached hydrogen (secondary N) is 2. The van der Waals surface area contributed by atoms with E-state index in [0.29, 0.717) is 17.4 Å². The fourth-order valence-corrected chi connectivity index (χ4v) is 2.81. The van der Waals surface area contributed by atoms with Gasteiger partial charge < -0.3 is 5.32 Å². The molecule has 8 heteroatoms. The van der Waals surface area contributed by atoms with Gasteiger partial charge in [-0.3, -0.25) is 10.4 Å². The summed E-state index contributed by atoms with van der Waals surface area (Å²) in [5.74, 6) is 1.17. The number of aromatic nitrogens is 5. The molecule has 0 radical (unpaired) electrons. The Bertz CT molecular complexity index is 1120. The number of hydrogen-bond donors (Lipinski definition) is 2. The Morgan fingerprint density at radius 1 is 1.14 bits per heavy atom. The van der Waals surface area contributed by atoms with Crippen LogP contribution in [-0.2, 0) is 0 Å². The number of pyridine rings is 1. The molecule has 1 aromatic carbocycles. The van der Waals surface area contributed by atoms with Crippen LogP contribution in [0.2, 0.25) is 0 Å². The van der Waals surface area contributed by atoms with Gasteiger partial charge in [-0.2, -0.15) is 10.2 Å².